The molecule has 23 heavy (non-hydrogen) atoms. The molecule has 5 nitrogen and oxygen atoms in total. The minimum Gasteiger partial charge on any atom is -0.479 e. The summed E-state index contributed by atoms with van der Waals surface area (Å²) in [4.78, 5) is 25.3. The molecule has 1 N–H and O–H groups in total. The molecule has 6 heteroatoms. The molecule has 0 heterocycles. The molecular weight excluding hydrogens is 301 g/mol. The van der Waals surface area contributed by atoms with Crippen molar-refractivity contribution in [3.63, 3.8) is 0 Å². The quantitative estimate of drug-likeness (QED) is 0.900. The minimum atomic E-state index is -1.61. The second-order valence-electron chi connectivity index (χ2n) is 6.57. The van der Waals surface area contributed by atoms with Gasteiger partial charge in [0.2, 0.25) is 0 Å². The van der Waals surface area contributed by atoms with E-state index < -0.39 is 29.0 Å². The van der Waals surface area contributed by atoms with Gasteiger partial charge < -0.3 is 9.84 Å². The van der Waals surface area contributed by atoms with Crippen LogP contribution in [0.2, 0.25) is 0 Å². The smallest absolute Gasteiger partial charge is 0.411 e. The van der Waals surface area contributed by atoms with Crippen LogP contribution in [-0.2, 0) is 16.0 Å². The Morgan fingerprint density at radius 2 is 1.78 bits per heavy atom. The first-order valence-electron chi connectivity index (χ1n) is 7.48. The third kappa shape index (κ3) is 4.68. The predicted octanol–water partition coefficient (Wildman–Crippen LogP) is 3.47. The van der Waals surface area contributed by atoms with Crippen molar-refractivity contribution in [3.05, 3.63) is 35.6 Å². The van der Waals surface area contributed by atoms with Crippen molar-refractivity contribution in [1.29, 1.82) is 0 Å². The lowest BCUT2D eigenvalue weighted by Gasteiger charge is -2.38. The van der Waals surface area contributed by atoms with Crippen LogP contribution in [0.4, 0.5) is 9.18 Å². The van der Waals surface area contributed by atoms with Gasteiger partial charge >= 0.3 is 12.1 Å². The van der Waals surface area contributed by atoms with Gasteiger partial charge in [-0.1, -0.05) is 18.2 Å². The first-order valence-corrected chi connectivity index (χ1v) is 7.48. The number of nitrogens with zero attached hydrogens (tertiary/aromatic N) is 1. The summed E-state index contributed by atoms with van der Waals surface area (Å²) in [7, 11) is 0. The largest absolute Gasteiger partial charge is 0.479 e. The molecule has 1 aromatic carbocycles. The lowest BCUT2D eigenvalue weighted by Crippen LogP contribution is -2.57. The first kappa shape index (κ1) is 18.9. The molecular formula is C17H24FNO4. The third-order valence-electron chi connectivity index (χ3n) is 3.48. The Kier molecular flexibility index (Phi) is 5.75. The minimum absolute atomic E-state index is 0.131. The number of rotatable bonds is 5. The number of aliphatic carboxylic acids is 1. The van der Waals surface area contributed by atoms with Gasteiger partial charge in [0.25, 0.3) is 0 Å². The van der Waals surface area contributed by atoms with Crippen LogP contribution in [0.25, 0.3) is 0 Å². The first-order chi connectivity index (χ1) is 10.5. The molecule has 1 atom stereocenters. The summed E-state index contributed by atoms with van der Waals surface area (Å²) in [6, 6.07) is 5.94. The standard InChI is InChI=1S/C17H24FNO4/c1-6-19(15(22)23-16(2,3)4)17(5,14(20)21)11-12-9-7-8-10-13(12)18/h7-10H,6,11H2,1-5H3,(H,20,21). The van der Waals surface area contributed by atoms with Gasteiger partial charge in [0.15, 0.2) is 0 Å². The lowest BCUT2D eigenvalue weighted by molar-refractivity contribution is -0.150. The molecule has 1 rings (SSSR count). The molecule has 0 radical (unpaired) electrons. The number of hydrogen-bond acceptors (Lipinski definition) is 3. The maximum atomic E-state index is 13.9. The van der Waals surface area contributed by atoms with E-state index in [2.05, 4.69) is 0 Å². The van der Waals surface area contributed by atoms with Crippen LogP contribution in [0.15, 0.2) is 24.3 Å². The number of carboxylic acid groups (broad SMARTS) is 1. The summed E-state index contributed by atoms with van der Waals surface area (Å²) >= 11 is 0. The molecule has 0 aliphatic heterocycles. The average molecular weight is 325 g/mol. The fraction of sp³-hybridized carbons (Fsp3) is 0.529. The van der Waals surface area contributed by atoms with E-state index >= 15 is 0 Å². The zero-order valence-corrected chi connectivity index (χ0v) is 14.2. The highest BCUT2D eigenvalue weighted by molar-refractivity contribution is 5.84. The fourth-order valence-electron chi connectivity index (χ4n) is 2.30. The monoisotopic (exact) mass is 325 g/mol. The topological polar surface area (TPSA) is 66.8 Å². The molecule has 0 aromatic heterocycles. The lowest BCUT2D eigenvalue weighted by atomic mass is 9.90. The van der Waals surface area contributed by atoms with Crippen molar-refractivity contribution in [2.24, 2.45) is 0 Å². The maximum absolute atomic E-state index is 13.9. The molecule has 0 saturated heterocycles. The molecule has 1 amide bonds. The second-order valence-corrected chi connectivity index (χ2v) is 6.57. The number of carboxylic acids is 1. The van der Waals surface area contributed by atoms with Gasteiger partial charge in [0, 0.05) is 13.0 Å². The van der Waals surface area contributed by atoms with E-state index in [1.807, 2.05) is 0 Å². The SMILES string of the molecule is CCN(C(=O)OC(C)(C)C)C(C)(Cc1ccccc1F)C(=O)O. The Bertz CT molecular complexity index is 582. The van der Waals surface area contributed by atoms with Crippen LogP contribution in [0.1, 0.15) is 40.2 Å². The number of amides is 1. The Hall–Kier alpha value is -2.11. The summed E-state index contributed by atoms with van der Waals surface area (Å²) in [5.41, 5.74) is -2.12. The van der Waals surface area contributed by atoms with E-state index in [4.69, 9.17) is 4.74 Å². The number of likely N-dealkylation sites (N-methyl/N-ethyl adjacent to an activating group) is 1. The zero-order valence-electron chi connectivity index (χ0n) is 14.2. The van der Waals surface area contributed by atoms with Crippen molar-refractivity contribution in [2.75, 3.05) is 6.54 Å². The van der Waals surface area contributed by atoms with E-state index in [-0.39, 0.29) is 18.5 Å². The second kappa shape index (κ2) is 6.98. The van der Waals surface area contributed by atoms with E-state index in [1.165, 1.54) is 25.1 Å². The van der Waals surface area contributed by atoms with E-state index in [9.17, 15) is 19.1 Å². The summed E-state index contributed by atoms with van der Waals surface area (Å²) in [6.45, 7) is 8.29. The summed E-state index contributed by atoms with van der Waals surface area (Å²) in [5.74, 6) is -1.71. The highest BCUT2D eigenvalue weighted by Crippen LogP contribution is 2.25. The van der Waals surface area contributed by atoms with Crippen molar-refractivity contribution in [3.8, 4) is 0 Å². The Balaban J connectivity index is 3.18. The molecule has 128 valence electrons. The van der Waals surface area contributed by atoms with Crippen LogP contribution in [0.5, 0.6) is 0 Å². The van der Waals surface area contributed by atoms with Gasteiger partial charge in [-0.2, -0.15) is 0 Å². The Morgan fingerprint density at radius 3 is 2.22 bits per heavy atom. The predicted molar refractivity (Wildman–Crippen MR) is 84.8 cm³/mol. The van der Waals surface area contributed by atoms with Gasteiger partial charge in [-0.05, 0) is 46.2 Å². The van der Waals surface area contributed by atoms with E-state index in [0.717, 1.165) is 4.90 Å². The van der Waals surface area contributed by atoms with Gasteiger partial charge in [-0.3, -0.25) is 4.90 Å². The van der Waals surface area contributed by atoms with Crippen LogP contribution >= 0.6 is 0 Å². The number of ether oxygens (including phenoxy) is 1. The van der Waals surface area contributed by atoms with Gasteiger partial charge in [0.1, 0.15) is 17.0 Å². The molecule has 0 spiro atoms. The fourth-order valence-corrected chi connectivity index (χ4v) is 2.30. The van der Waals surface area contributed by atoms with Crippen LogP contribution in [0.3, 0.4) is 0 Å². The van der Waals surface area contributed by atoms with Crippen LogP contribution < -0.4 is 0 Å². The van der Waals surface area contributed by atoms with Crippen molar-refractivity contribution in [2.45, 2.75) is 52.2 Å². The summed E-state index contributed by atoms with van der Waals surface area (Å²) in [6.07, 6.45) is -0.886. The molecule has 0 bridgehead atoms. The number of carbonyl (C=O) groups is 2. The molecule has 0 aliphatic rings. The number of carbonyl (C=O) groups excluding carboxylic acids is 1. The summed E-state index contributed by atoms with van der Waals surface area (Å²) in [5, 5.41) is 9.66. The third-order valence-corrected chi connectivity index (χ3v) is 3.48. The normalized spacial score (nSPS) is 14.0. The molecule has 0 aliphatic carbocycles. The van der Waals surface area contributed by atoms with Crippen molar-refractivity contribution >= 4 is 12.1 Å². The molecule has 1 unspecified atom stereocenters. The maximum Gasteiger partial charge on any atom is 0.411 e. The van der Waals surface area contributed by atoms with Gasteiger partial charge in [0.05, 0.1) is 0 Å². The van der Waals surface area contributed by atoms with E-state index in [1.54, 1.807) is 33.8 Å². The van der Waals surface area contributed by atoms with E-state index in [0.29, 0.717) is 0 Å². The average Bonchev–Trinajstić information content (AvgIpc) is 2.39. The Morgan fingerprint density at radius 1 is 1.22 bits per heavy atom. The highest BCUT2D eigenvalue weighted by atomic mass is 19.1. The number of hydrogen-bond donors (Lipinski definition) is 1. The highest BCUT2D eigenvalue weighted by Gasteiger charge is 2.44. The molecule has 0 fully saturated rings. The van der Waals surface area contributed by atoms with Gasteiger partial charge in [-0.15, -0.1) is 0 Å². The summed E-state index contributed by atoms with van der Waals surface area (Å²) < 4.78 is 19.2. The Labute approximate surface area is 136 Å². The zero-order chi connectivity index (χ0) is 17.8. The van der Waals surface area contributed by atoms with Crippen LogP contribution in [-0.4, -0.2) is 39.8 Å². The number of benzene rings is 1. The molecule has 0 saturated carbocycles. The van der Waals surface area contributed by atoms with Gasteiger partial charge in [-0.25, -0.2) is 14.0 Å². The van der Waals surface area contributed by atoms with Crippen molar-refractivity contribution in [1.82, 2.24) is 4.90 Å². The number of halogens is 1. The van der Waals surface area contributed by atoms with Crippen molar-refractivity contribution < 1.29 is 23.8 Å². The van der Waals surface area contributed by atoms with Crippen LogP contribution in [0, 0.1) is 5.82 Å². The molecule has 1 aromatic rings.